The molecule has 0 radical (unpaired) electrons. The lowest BCUT2D eigenvalue weighted by Crippen LogP contribution is -2.37. The predicted molar refractivity (Wildman–Crippen MR) is 90.9 cm³/mol. The molecule has 0 atom stereocenters. The second kappa shape index (κ2) is 6.45. The zero-order chi connectivity index (χ0) is 16.5. The first kappa shape index (κ1) is 15.5. The summed E-state index contributed by atoms with van der Waals surface area (Å²) in [6.07, 6.45) is 2.21. The van der Waals surface area contributed by atoms with E-state index < -0.39 is 0 Å². The van der Waals surface area contributed by atoms with Crippen LogP contribution < -0.4 is 10.2 Å². The molecular weight excluding hydrogens is 330 g/mol. The smallest absolute Gasteiger partial charge is 0.277 e. The highest BCUT2D eigenvalue weighted by Crippen LogP contribution is 2.40. The van der Waals surface area contributed by atoms with Crippen LogP contribution in [0.15, 0.2) is 28.8 Å². The molecule has 2 heterocycles. The second-order valence-electron chi connectivity index (χ2n) is 6.08. The Balaban J connectivity index is 1.56. The fourth-order valence-electron chi connectivity index (χ4n) is 2.87. The van der Waals surface area contributed by atoms with Crippen molar-refractivity contribution in [2.75, 3.05) is 36.5 Å². The summed E-state index contributed by atoms with van der Waals surface area (Å²) >= 11 is 6.38. The molecule has 1 saturated carbocycles. The molecule has 0 spiro atoms. The van der Waals surface area contributed by atoms with Crippen molar-refractivity contribution in [3.8, 4) is 0 Å². The highest BCUT2D eigenvalue weighted by Gasteiger charge is 2.29. The number of hydrogen-bond acceptors (Lipinski definition) is 5. The van der Waals surface area contributed by atoms with Gasteiger partial charge in [-0.1, -0.05) is 22.8 Å². The van der Waals surface area contributed by atoms with E-state index in [1.54, 1.807) is 6.07 Å². The Morgan fingerprint density at radius 1 is 1.29 bits per heavy atom. The Hall–Kier alpha value is -2.05. The Morgan fingerprint density at radius 3 is 2.83 bits per heavy atom. The molecule has 0 unspecified atom stereocenters. The highest BCUT2D eigenvalue weighted by molar-refractivity contribution is 6.34. The molecular formula is C17H18ClN3O3. The van der Waals surface area contributed by atoms with Crippen LogP contribution in [0.2, 0.25) is 5.02 Å². The first-order chi connectivity index (χ1) is 11.7. The van der Waals surface area contributed by atoms with E-state index in [9.17, 15) is 4.79 Å². The van der Waals surface area contributed by atoms with Crippen molar-refractivity contribution in [3.63, 3.8) is 0 Å². The van der Waals surface area contributed by atoms with Gasteiger partial charge >= 0.3 is 0 Å². The maximum Gasteiger partial charge on any atom is 0.277 e. The summed E-state index contributed by atoms with van der Waals surface area (Å²) in [6, 6.07) is 7.21. The molecule has 1 saturated heterocycles. The van der Waals surface area contributed by atoms with Crippen LogP contribution >= 0.6 is 11.6 Å². The SMILES string of the molecule is O=C(Nc1cccc(Cl)c1N1CCOCC1)c1cc(C2CC2)on1. The average molecular weight is 348 g/mol. The average Bonchev–Trinajstić information content (AvgIpc) is 3.32. The van der Waals surface area contributed by atoms with Crippen molar-refractivity contribution in [2.24, 2.45) is 0 Å². The molecule has 2 aromatic rings. The van der Waals surface area contributed by atoms with Gasteiger partial charge < -0.3 is 19.5 Å². The van der Waals surface area contributed by atoms with Crippen LogP contribution in [0.3, 0.4) is 0 Å². The largest absolute Gasteiger partial charge is 0.378 e. The van der Waals surface area contributed by atoms with Crippen molar-refractivity contribution in [1.29, 1.82) is 0 Å². The van der Waals surface area contributed by atoms with Gasteiger partial charge in [-0.05, 0) is 25.0 Å². The summed E-state index contributed by atoms with van der Waals surface area (Å²) in [5.41, 5.74) is 1.79. The summed E-state index contributed by atoms with van der Waals surface area (Å²) in [4.78, 5) is 14.6. The van der Waals surface area contributed by atoms with Gasteiger partial charge in [-0.15, -0.1) is 0 Å². The van der Waals surface area contributed by atoms with Gasteiger partial charge in [-0.25, -0.2) is 0 Å². The third-order valence-electron chi connectivity index (χ3n) is 4.30. The first-order valence-electron chi connectivity index (χ1n) is 8.11. The van der Waals surface area contributed by atoms with E-state index in [0.717, 1.165) is 37.4 Å². The summed E-state index contributed by atoms with van der Waals surface area (Å²) < 4.78 is 10.6. The molecule has 1 amide bonds. The molecule has 24 heavy (non-hydrogen) atoms. The minimum Gasteiger partial charge on any atom is -0.378 e. The Bertz CT molecular complexity index is 751. The molecule has 1 N–H and O–H groups in total. The Morgan fingerprint density at radius 2 is 2.08 bits per heavy atom. The number of carbonyl (C=O) groups excluding carboxylic acids is 1. The summed E-state index contributed by atoms with van der Waals surface area (Å²) in [5, 5.41) is 7.40. The van der Waals surface area contributed by atoms with Gasteiger partial charge in [0, 0.05) is 25.1 Å². The molecule has 6 nitrogen and oxygen atoms in total. The number of para-hydroxylation sites is 1. The summed E-state index contributed by atoms with van der Waals surface area (Å²) in [6.45, 7) is 2.77. The van der Waals surface area contributed by atoms with Crippen LogP contribution in [0.1, 0.15) is 35.0 Å². The van der Waals surface area contributed by atoms with Gasteiger partial charge in [0.25, 0.3) is 5.91 Å². The molecule has 1 aliphatic carbocycles. The molecule has 1 aromatic heterocycles. The van der Waals surface area contributed by atoms with Crippen molar-refractivity contribution >= 4 is 28.9 Å². The zero-order valence-electron chi connectivity index (χ0n) is 13.1. The zero-order valence-corrected chi connectivity index (χ0v) is 13.9. The standard InChI is InChI=1S/C17H18ClN3O3/c18-12-2-1-3-13(16(12)21-6-8-23-9-7-21)19-17(22)14-10-15(24-20-14)11-4-5-11/h1-3,10-11H,4-9H2,(H,19,22). The van der Waals surface area contributed by atoms with Gasteiger partial charge in [0.2, 0.25) is 0 Å². The van der Waals surface area contributed by atoms with E-state index >= 15 is 0 Å². The summed E-state index contributed by atoms with van der Waals surface area (Å²) in [5.74, 6) is 0.927. The lowest BCUT2D eigenvalue weighted by atomic mass is 10.2. The molecule has 2 fully saturated rings. The van der Waals surface area contributed by atoms with Gasteiger partial charge in [0.15, 0.2) is 5.69 Å². The van der Waals surface area contributed by atoms with Gasteiger partial charge in [-0.3, -0.25) is 4.79 Å². The number of nitrogens with one attached hydrogen (secondary N) is 1. The fraction of sp³-hybridized carbons (Fsp3) is 0.412. The third kappa shape index (κ3) is 3.12. The molecule has 4 rings (SSSR count). The third-order valence-corrected chi connectivity index (χ3v) is 4.61. The molecule has 7 heteroatoms. The number of amides is 1. The monoisotopic (exact) mass is 347 g/mol. The highest BCUT2D eigenvalue weighted by atomic mass is 35.5. The topological polar surface area (TPSA) is 67.6 Å². The second-order valence-corrected chi connectivity index (χ2v) is 6.49. The van der Waals surface area contributed by atoms with E-state index in [-0.39, 0.29) is 5.91 Å². The van der Waals surface area contributed by atoms with Crippen molar-refractivity contribution in [1.82, 2.24) is 5.16 Å². The van der Waals surface area contributed by atoms with Crippen LogP contribution in [0.25, 0.3) is 0 Å². The van der Waals surface area contributed by atoms with Crippen molar-refractivity contribution in [3.05, 3.63) is 40.7 Å². The number of rotatable bonds is 4. The van der Waals surface area contributed by atoms with Gasteiger partial charge in [-0.2, -0.15) is 0 Å². The van der Waals surface area contributed by atoms with E-state index in [2.05, 4.69) is 15.4 Å². The summed E-state index contributed by atoms with van der Waals surface area (Å²) in [7, 11) is 0. The molecule has 0 bridgehead atoms. The van der Waals surface area contributed by atoms with Crippen LogP contribution in [0, 0.1) is 0 Å². The van der Waals surface area contributed by atoms with Crippen LogP contribution in [-0.2, 0) is 4.74 Å². The quantitative estimate of drug-likeness (QED) is 0.919. The predicted octanol–water partition coefficient (Wildman–Crippen LogP) is 3.29. The van der Waals surface area contributed by atoms with Crippen LogP contribution in [-0.4, -0.2) is 37.4 Å². The number of benzene rings is 1. The number of halogens is 1. The number of hydrogen-bond donors (Lipinski definition) is 1. The van der Waals surface area contributed by atoms with Gasteiger partial charge in [0.1, 0.15) is 5.76 Å². The van der Waals surface area contributed by atoms with Gasteiger partial charge in [0.05, 0.1) is 29.6 Å². The lowest BCUT2D eigenvalue weighted by molar-refractivity contribution is 0.101. The van der Waals surface area contributed by atoms with Crippen LogP contribution in [0.4, 0.5) is 11.4 Å². The normalized spacial score (nSPS) is 17.8. The maximum atomic E-state index is 12.5. The minimum absolute atomic E-state index is 0.289. The number of carbonyl (C=O) groups is 1. The number of anilines is 2. The molecule has 126 valence electrons. The van der Waals surface area contributed by atoms with E-state index in [0.29, 0.717) is 35.5 Å². The minimum atomic E-state index is -0.289. The number of nitrogens with zero attached hydrogens (tertiary/aromatic N) is 2. The molecule has 2 aliphatic rings. The van der Waals surface area contributed by atoms with E-state index in [1.165, 1.54) is 0 Å². The van der Waals surface area contributed by atoms with Crippen LogP contribution in [0.5, 0.6) is 0 Å². The molecule has 1 aliphatic heterocycles. The molecule has 1 aromatic carbocycles. The maximum absolute atomic E-state index is 12.5. The number of ether oxygens (including phenoxy) is 1. The van der Waals surface area contributed by atoms with E-state index in [4.69, 9.17) is 20.9 Å². The fourth-order valence-corrected chi connectivity index (χ4v) is 3.16. The van der Waals surface area contributed by atoms with Crippen molar-refractivity contribution < 1.29 is 14.1 Å². The number of morpholine rings is 1. The Kier molecular flexibility index (Phi) is 4.16. The Labute approximate surface area is 144 Å². The van der Waals surface area contributed by atoms with Crippen molar-refractivity contribution in [2.45, 2.75) is 18.8 Å². The number of aromatic nitrogens is 1. The first-order valence-corrected chi connectivity index (χ1v) is 8.49. The van der Waals surface area contributed by atoms with E-state index in [1.807, 2.05) is 18.2 Å². The lowest BCUT2D eigenvalue weighted by Gasteiger charge is -2.31.